The minimum absolute atomic E-state index is 0.667. The van der Waals surface area contributed by atoms with Crippen LogP contribution in [0.25, 0.3) is 0 Å². The maximum Gasteiger partial charge on any atom is 0.0161 e. The zero-order valence-corrected chi connectivity index (χ0v) is 12.3. The molecule has 0 saturated heterocycles. The van der Waals surface area contributed by atoms with Crippen LogP contribution in [0.3, 0.4) is 0 Å². The van der Waals surface area contributed by atoms with E-state index in [1.165, 1.54) is 29.9 Å². The highest BCUT2D eigenvalue weighted by Crippen LogP contribution is 2.13. The minimum atomic E-state index is 0.667. The Balaban J connectivity index is 3.75. The molecule has 0 aliphatic carbocycles. The summed E-state index contributed by atoms with van der Waals surface area (Å²) in [7, 11) is 0. The Labute approximate surface area is 106 Å². The standard InChI is InChI=1S/C14H29NS/c1-6-9-15-14(8-7-12(2)3)11-16-10-13(4)5/h13-15H,2,6-11H2,1,3-5H3. The summed E-state index contributed by atoms with van der Waals surface area (Å²) >= 11 is 2.08. The molecule has 0 amide bonds. The Hall–Kier alpha value is 0.0500. The number of hydrogen-bond acceptors (Lipinski definition) is 2. The van der Waals surface area contributed by atoms with Crippen LogP contribution < -0.4 is 5.32 Å². The van der Waals surface area contributed by atoms with E-state index in [0.29, 0.717) is 6.04 Å². The van der Waals surface area contributed by atoms with Crippen LogP contribution in [0, 0.1) is 5.92 Å². The van der Waals surface area contributed by atoms with Crippen LogP contribution in [-0.4, -0.2) is 24.1 Å². The van der Waals surface area contributed by atoms with Crippen LogP contribution in [0.4, 0.5) is 0 Å². The van der Waals surface area contributed by atoms with Gasteiger partial charge in [0.2, 0.25) is 0 Å². The van der Waals surface area contributed by atoms with E-state index in [2.05, 4.69) is 51.4 Å². The fourth-order valence-electron chi connectivity index (χ4n) is 1.46. The van der Waals surface area contributed by atoms with Crippen molar-refractivity contribution < 1.29 is 0 Å². The first-order valence-corrected chi connectivity index (χ1v) is 7.67. The van der Waals surface area contributed by atoms with Gasteiger partial charge in [-0.15, -0.1) is 6.58 Å². The van der Waals surface area contributed by atoms with Crippen molar-refractivity contribution in [1.29, 1.82) is 0 Å². The molecule has 0 saturated carbocycles. The summed E-state index contributed by atoms with van der Waals surface area (Å²) in [4.78, 5) is 0. The van der Waals surface area contributed by atoms with Crippen molar-refractivity contribution in [3.8, 4) is 0 Å². The van der Waals surface area contributed by atoms with E-state index in [4.69, 9.17) is 0 Å². The summed E-state index contributed by atoms with van der Waals surface area (Å²) < 4.78 is 0. The number of allylic oxidation sites excluding steroid dienone is 1. The molecule has 0 rings (SSSR count). The Morgan fingerprint density at radius 1 is 1.31 bits per heavy atom. The van der Waals surface area contributed by atoms with Gasteiger partial charge in [0.05, 0.1) is 0 Å². The largest absolute Gasteiger partial charge is 0.313 e. The van der Waals surface area contributed by atoms with Gasteiger partial charge in [0, 0.05) is 11.8 Å². The molecular formula is C14H29NS. The molecule has 1 N–H and O–H groups in total. The molecule has 0 aromatic heterocycles. The summed E-state index contributed by atoms with van der Waals surface area (Å²) in [6.45, 7) is 14.0. The average Bonchev–Trinajstić information content (AvgIpc) is 2.20. The molecule has 96 valence electrons. The lowest BCUT2D eigenvalue weighted by Gasteiger charge is -2.18. The van der Waals surface area contributed by atoms with Gasteiger partial charge in [-0.1, -0.05) is 26.3 Å². The van der Waals surface area contributed by atoms with E-state index in [-0.39, 0.29) is 0 Å². The molecule has 0 fully saturated rings. The molecule has 0 aromatic carbocycles. The third kappa shape index (κ3) is 10.6. The van der Waals surface area contributed by atoms with Crippen LogP contribution in [0.5, 0.6) is 0 Å². The lowest BCUT2D eigenvalue weighted by molar-refractivity contribution is 0.519. The van der Waals surface area contributed by atoms with Crippen LogP contribution in [0.1, 0.15) is 47.0 Å². The molecular weight excluding hydrogens is 214 g/mol. The fraction of sp³-hybridized carbons (Fsp3) is 0.857. The molecule has 1 unspecified atom stereocenters. The summed E-state index contributed by atoms with van der Waals surface area (Å²) in [5.74, 6) is 3.32. The second kappa shape index (κ2) is 10.2. The Kier molecular flexibility index (Phi) is 10.3. The van der Waals surface area contributed by atoms with Crippen molar-refractivity contribution >= 4 is 11.8 Å². The van der Waals surface area contributed by atoms with Crippen molar-refractivity contribution in [2.75, 3.05) is 18.1 Å². The maximum atomic E-state index is 3.98. The molecule has 16 heavy (non-hydrogen) atoms. The van der Waals surface area contributed by atoms with Gasteiger partial charge in [-0.25, -0.2) is 0 Å². The number of rotatable bonds is 10. The van der Waals surface area contributed by atoms with E-state index < -0.39 is 0 Å². The molecule has 0 heterocycles. The second-order valence-corrected chi connectivity index (χ2v) is 6.15. The van der Waals surface area contributed by atoms with Crippen molar-refractivity contribution in [2.24, 2.45) is 5.92 Å². The van der Waals surface area contributed by atoms with Gasteiger partial charge in [-0.3, -0.25) is 0 Å². The lowest BCUT2D eigenvalue weighted by Crippen LogP contribution is -2.32. The number of hydrogen-bond donors (Lipinski definition) is 1. The Morgan fingerprint density at radius 3 is 2.50 bits per heavy atom. The highest BCUT2D eigenvalue weighted by atomic mass is 32.2. The average molecular weight is 243 g/mol. The Bertz CT molecular complexity index is 178. The second-order valence-electron chi connectivity index (χ2n) is 5.08. The van der Waals surface area contributed by atoms with Crippen LogP contribution in [0.2, 0.25) is 0 Å². The summed E-state index contributed by atoms with van der Waals surface area (Å²) in [5, 5.41) is 3.64. The van der Waals surface area contributed by atoms with E-state index in [1.54, 1.807) is 0 Å². The molecule has 2 heteroatoms. The third-order valence-electron chi connectivity index (χ3n) is 2.37. The van der Waals surface area contributed by atoms with E-state index in [0.717, 1.165) is 18.9 Å². The van der Waals surface area contributed by atoms with Crippen LogP contribution in [0.15, 0.2) is 12.2 Å². The zero-order valence-electron chi connectivity index (χ0n) is 11.5. The highest BCUT2D eigenvalue weighted by Gasteiger charge is 2.08. The minimum Gasteiger partial charge on any atom is -0.313 e. The van der Waals surface area contributed by atoms with Crippen molar-refractivity contribution in [2.45, 2.75) is 53.0 Å². The van der Waals surface area contributed by atoms with Gasteiger partial charge in [0.25, 0.3) is 0 Å². The zero-order chi connectivity index (χ0) is 12.4. The quantitative estimate of drug-likeness (QED) is 0.580. The SMILES string of the molecule is C=C(C)CCC(CSCC(C)C)NCCC. The first-order valence-electron chi connectivity index (χ1n) is 6.51. The smallest absolute Gasteiger partial charge is 0.0161 e. The van der Waals surface area contributed by atoms with Crippen LogP contribution in [-0.2, 0) is 0 Å². The molecule has 1 nitrogen and oxygen atoms in total. The monoisotopic (exact) mass is 243 g/mol. The Morgan fingerprint density at radius 2 is 2.00 bits per heavy atom. The van der Waals surface area contributed by atoms with Gasteiger partial charge < -0.3 is 5.32 Å². The topological polar surface area (TPSA) is 12.0 Å². The first-order chi connectivity index (χ1) is 7.56. The van der Waals surface area contributed by atoms with E-state index in [9.17, 15) is 0 Å². The number of nitrogens with one attached hydrogen (secondary N) is 1. The lowest BCUT2D eigenvalue weighted by atomic mass is 10.1. The molecule has 0 bridgehead atoms. The molecule has 0 aromatic rings. The molecule has 0 radical (unpaired) electrons. The molecule has 0 aliphatic heterocycles. The molecule has 1 atom stereocenters. The van der Waals surface area contributed by atoms with Gasteiger partial charge in [-0.2, -0.15) is 11.8 Å². The predicted octanol–water partition coefficient (Wildman–Crippen LogP) is 4.10. The fourth-order valence-corrected chi connectivity index (χ4v) is 2.64. The third-order valence-corrected chi connectivity index (χ3v) is 3.91. The van der Waals surface area contributed by atoms with E-state index >= 15 is 0 Å². The van der Waals surface area contributed by atoms with Gasteiger partial charge in [0.1, 0.15) is 0 Å². The van der Waals surface area contributed by atoms with Crippen LogP contribution >= 0.6 is 11.8 Å². The van der Waals surface area contributed by atoms with Crippen molar-refractivity contribution in [3.63, 3.8) is 0 Å². The summed E-state index contributed by atoms with van der Waals surface area (Å²) in [5.41, 5.74) is 1.30. The molecule has 0 aliphatic rings. The van der Waals surface area contributed by atoms with Gasteiger partial charge in [0.15, 0.2) is 0 Å². The maximum absolute atomic E-state index is 3.98. The first kappa shape index (κ1) is 16.1. The summed E-state index contributed by atoms with van der Waals surface area (Å²) in [6.07, 6.45) is 3.61. The highest BCUT2D eigenvalue weighted by molar-refractivity contribution is 7.99. The number of thioether (sulfide) groups is 1. The van der Waals surface area contributed by atoms with E-state index in [1.807, 2.05) is 0 Å². The summed E-state index contributed by atoms with van der Waals surface area (Å²) in [6, 6.07) is 0.667. The van der Waals surface area contributed by atoms with Gasteiger partial charge >= 0.3 is 0 Å². The normalized spacial score (nSPS) is 13.1. The van der Waals surface area contributed by atoms with Crippen molar-refractivity contribution in [1.82, 2.24) is 5.32 Å². The molecule has 0 spiro atoms. The van der Waals surface area contributed by atoms with Gasteiger partial charge in [-0.05, 0) is 44.4 Å². The predicted molar refractivity (Wildman–Crippen MR) is 78.3 cm³/mol. The van der Waals surface area contributed by atoms with Crippen molar-refractivity contribution in [3.05, 3.63) is 12.2 Å².